The predicted octanol–water partition coefficient (Wildman–Crippen LogP) is 1.66. The van der Waals surface area contributed by atoms with Gasteiger partial charge in [0.1, 0.15) is 5.69 Å². The Balaban J connectivity index is 2.32. The number of nitrogen functional groups attached to an aromatic ring is 1. The molecule has 2 rings (SSSR count). The maximum atomic E-state index is 12.2. The lowest BCUT2D eigenvalue weighted by Crippen LogP contribution is -2.24. The van der Waals surface area contributed by atoms with E-state index < -0.39 is 25.5 Å². The van der Waals surface area contributed by atoms with Gasteiger partial charge in [0.15, 0.2) is 4.90 Å². The molecule has 0 aliphatic carbocycles. The minimum Gasteiger partial charge on any atom is -0.393 e. The Morgan fingerprint density at radius 2 is 1.76 bits per heavy atom. The monoisotopic (exact) mass is 307 g/mol. The highest BCUT2D eigenvalue weighted by molar-refractivity contribution is 7.89. The zero-order chi connectivity index (χ0) is 15.5. The predicted molar refractivity (Wildman–Crippen MR) is 78.0 cm³/mol. The SMILES string of the molecule is Nc1cccc(S(=O)(=O)NCc2ccccc2)c1[N+](=O)[O-]. The number of nitrogens with one attached hydrogen (secondary N) is 1. The van der Waals surface area contributed by atoms with Gasteiger partial charge in [-0.3, -0.25) is 10.1 Å². The zero-order valence-corrected chi connectivity index (χ0v) is 11.7. The van der Waals surface area contributed by atoms with Crippen molar-refractivity contribution in [1.82, 2.24) is 4.72 Å². The number of hydrogen-bond acceptors (Lipinski definition) is 5. The normalized spacial score (nSPS) is 11.2. The number of para-hydroxylation sites is 1. The van der Waals surface area contributed by atoms with Crippen LogP contribution in [-0.2, 0) is 16.6 Å². The van der Waals surface area contributed by atoms with Gasteiger partial charge < -0.3 is 5.73 Å². The van der Waals surface area contributed by atoms with Crippen LogP contribution in [-0.4, -0.2) is 13.3 Å². The smallest absolute Gasteiger partial charge is 0.312 e. The van der Waals surface area contributed by atoms with Gasteiger partial charge in [0, 0.05) is 6.54 Å². The average molecular weight is 307 g/mol. The number of anilines is 1. The van der Waals surface area contributed by atoms with Crippen LogP contribution in [0.15, 0.2) is 53.4 Å². The Morgan fingerprint density at radius 3 is 2.38 bits per heavy atom. The lowest BCUT2D eigenvalue weighted by atomic mass is 10.2. The van der Waals surface area contributed by atoms with Crippen LogP contribution < -0.4 is 10.5 Å². The van der Waals surface area contributed by atoms with E-state index in [1.165, 1.54) is 12.1 Å². The molecule has 0 aromatic heterocycles. The summed E-state index contributed by atoms with van der Waals surface area (Å²) in [5, 5.41) is 11.0. The average Bonchev–Trinajstić information content (AvgIpc) is 2.46. The summed E-state index contributed by atoms with van der Waals surface area (Å²) in [7, 11) is -4.03. The van der Waals surface area contributed by atoms with Gasteiger partial charge in [-0.1, -0.05) is 36.4 Å². The summed E-state index contributed by atoms with van der Waals surface area (Å²) in [4.78, 5) is 9.76. The molecule has 21 heavy (non-hydrogen) atoms. The molecule has 2 aromatic rings. The van der Waals surface area contributed by atoms with Gasteiger partial charge in [-0.15, -0.1) is 0 Å². The van der Waals surface area contributed by atoms with E-state index in [0.717, 1.165) is 11.6 Å². The summed E-state index contributed by atoms with van der Waals surface area (Å²) in [6.45, 7) is 0.0368. The Morgan fingerprint density at radius 1 is 1.10 bits per heavy atom. The Hall–Kier alpha value is -2.45. The van der Waals surface area contributed by atoms with E-state index in [9.17, 15) is 18.5 Å². The van der Waals surface area contributed by atoms with E-state index in [1.54, 1.807) is 30.3 Å². The second-order valence-corrected chi connectivity index (χ2v) is 6.00. The molecule has 0 aliphatic heterocycles. The second kappa shape index (κ2) is 5.90. The largest absolute Gasteiger partial charge is 0.393 e. The van der Waals surface area contributed by atoms with Crippen LogP contribution in [0.3, 0.4) is 0 Å². The number of nitro benzene ring substituents is 1. The lowest BCUT2D eigenvalue weighted by Gasteiger charge is -2.08. The van der Waals surface area contributed by atoms with Crippen molar-refractivity contribution in [2.24, 2.45) is 0 Å². The third kappa shape index (κ3) is 3.36. The Bertz CT molecular complexity index is 760. The fourth-order valence-corrected chi connectivity index (χ4v) is 3.02. The van der Waals surface area contributed by atoms with Gasteiger partial charge in [-0.2, -0.15) is 0 Å². The molecule has 3 N–H and O–H groups in total. The molecule has 0 unspecified atom stereocenters. The van der Waals surface area contributed by atoms with Crippen molar-refractivity contribution in [3.8, 4) is 0 Å². The van der Waals surface area contributed by atoms with Crippen LogP contribution in [0.5, 0.6) is 0 Å². The van der Waals surface area contributed by atoms with E-state index >= 15 is 0 Å². The highest BCUT2D eigenvalue weighted by atomic mass is 32.2. The van der Waals surface area contributed by atoms with Crippen molar-refractivity contribution in [1.29, 1.82) is 0 Å². The Kier molecular flexibility index (Phi) is 4.20. The number of nitro groups is 1. The number of rotatable bonds is 5. The van der Waals surface area contributed by atoms with Crippen molar-refractivity contribution >= 4 is 21.4 Å². The van der Waals surface area contributed by atoms with Crippen LogP contribution in [0, 0.1) is 10.1 Å². The first kappa shape index (κ1) is 14.9. The fourth-order valence-electron chi connectivity index (χ4n) is 1.80. The molecule has 0 fully saturated rings. The van der Waals surface area contributed by atoms with E-state index in [2.05, 4.69) is 4.72 Å². The minimum absolute atomic E-state index is 0.0368. The summed E-state index contributed by atoms with van der Waals surface area (Å²) in [5.41, 5.74) is 5.43. The molecule has 0 aliphatic rings. The van der Waals surface area contributed by atoms with Crippen LogP contribution >= 0.6 is 0 Å². The first-order valence-corrected chi connectivity index (χ1v) is 7.46. The van der Waals surface area contributed by atoms with Gasteiger partial charge in [0.25, 0.3) is 0 Å². The molecular weight excluding hydrogens is 294 g/mol. The quantitative estimate of drug-likeness (QED) is 0.495. The molecule has 0 heterocycles. The lowest BCUT2D eigenvalue weighted by molar-refractivity contribution is -0.386. The second-order valence-electron chi connectivity index (χ2n) is 4.26. The van der Waals surface area contributed by atoms with Crippen molar-refractivity contribution in [3.05, 3.63) is 64.2 Å². The third-order valence-corrected chi connectivity index (χ3v) is 4.24. The number of sulfonamides is 1. The zero-order valence-electron chi connectivity index (χ0n) is 10.9. The summed E-state index contributed by atoms with van der Waals surface area (Å²) >= 11 is 0. The van der Waals surface area contributed by atoms with Crippen molar-refractivity contribution in [2.75, 3.05) is 5.73 Å². The van der Waals surface area contributed by atoms with Gasteiger partial charge in [-0.05, 0) is 17.7 Å². The molecular formula is C13H13N3O4S. The number of nitrogens with zero attached hydrogens (tertiary/aromatic N) is 1. The molecule has 110 valence electrons. The van der Waals surface area contributed by atoms with E-state index in [0.29, 0.717) is 0 Å². The summed E-state index contributed by atoms with van der Waals surface area (Å²) in [5.74, 6) is 0. The minimum atomic E-state index is -4.03. The Labute approximate surface area is 121 Å². The van der Waals surface area contributed by atoms with Crippen LogP contribution in [0.1, 0.15) is 5.56 Å². The van der Waals surface area contributed by atoms with Crippen molar-refractivity contribution < 1.29 is 13.3 Å². The first-order valence-electron chi connectivity index (χ1n) is 5.98. The molecule has 7 nitrogen and oxygen atoms in total. The van der Waals surface area contributed by atoms with Gasteiger partial charge in [-0.25, -0.2) is 13.1 Å². The molecule has 0 spiro atoms. The highest BCUT2D eigenvalue weighted by Gasteiger charge is 2.27. The fraction of sp³-hybridized carbons (Fsp3) is 0.0769. The number of hydrogen-bond donors (Lipinski definition) is 2. The summed E-state index contributed by atoms with van der Waals surface area (Å²) < 4.78 is 26.8. The van der Waals surface area contributed by atoms with Crippen LogP contribution in [0.25, 0.3) is 0 Å². The summed E-state index contributed by atoms with van der Waals surface area (Å²) in [6.07, 6.45) is 0. The molecule has 0 atom stereocenters. The number of benzene rings is 2. The van der Waals surface area contributed by atoms with E-state index in [4.69, 9.17) is 5.73 Å². The third-order valence-electron chi connectivity index (χ3n) is 2.81. The number of nitrogens with two attached hydrogens (primary N) is 1. The summed E-state index contributed by atoms with van der Waals surface area (Å²) in [6, 6.07) is 12.6. The van der Waals surface area contributed by atoms with Gasteiger partial charge in [0.05, 0.1) is 4.92 Å². The first-order chi connectivity index (χ1) is 9.92. The molecule has 0 saturated heterocycles. The van der Waals surface area contributed by atoms with Crippen LogP contribution in [0.2, 0.25) is 0 Å². The maximum Gasteiger partial charge on any atom is 0.312 e. The van der Waals surface area contributed by atoms with E-state index in [1.807, 2.05) is 0 Å². The molecule has 0 bridgehead atoms. The maximum absolute atomic E-state index is 12.2. The van der Waals surface area contributed by atoms with E-state index in [-0.39, 0.29) is 12.2 Å². The topological polar surface area (TPSA) is 115 Å². The van der Waals surface area contributed by atoms with Crippen molar-refractivity contribution in [2.45, 2.75) is 11.4 Å². The molecule has 8 heteroatoms. The van der Waals surface area contributed by atoms with Gasteiger partial charge >= 0.3 is 5.69 Å². The highest BCUT2D eigenvalue weighted by Crippen LogP contribution is 2.29. The standard InChI is InChI=1S/C13H13N3O4S/c14-11-7-4-8-12(13(11)16(17)18)21(19,20)15-9-10-5-2-1-3-6-10/h1-8,15H,9,14H2. The molecule has 0 radical (unpaired) electrons. The molecule has 0 saturated carbocycles. The van der Waals surface area contributed by atoms with Gasteiger partial charge in [0.2, 0.25) is 10.0 Å². The van der Waals surface area contributed by atoms with Crippen molar-refractivity contribution in [3.63, 3.8) is 0 Å². The van der Waals surface area contributed by atoms with Crippen LogP contribution in [0.4, 0.5) is 11.4 Å². The molecule has 2 aromatic carbocycles. The molecule has 0 amide bonds.